The minimum absolute atomic E-state index is 0.197. The molecule has 0 radical (unpaired) electrons. The molecule has 4 aromatic carbocycles. The predicted octanol–water partition coefficient (Wildman–Crippen LogP) is 11.1. The molecule has 374 valence electrons. The number of nitrogens with zero attached hydrogens (tertiary/aromatic N) is 6. The van der Waals surface area contributed by atoms with Gasteiger partial charge in [0.25, 0.3) is 11.8 Å². The van der Waals surface area contributed by atoms with E-state index >= 15 is 0 Å². The van der Waals surface area contributed by atoms with E-state index < -0.39 is 33.3 Å². The van der Waals surface area contributed by atoms with Gasteiger partial charge in [0.2, 0.25) is 0 Å². The third kappa shape index (κ3) is 13.1. The number of halogens is 2. The Morgan fingerprint density at radius 3 is 1.41 bits per heavy atom. The summed E-state index contributed by atoms with van der Waals surface area (Å²) < 4.78 is 46.8. The van der Waals surface area contributed by atoms with Gasteiger partial charge in [-0.3, -0.25) is 34.1 Å². The molecule has 0 aliphatic heterocycles. The second-order valence-corrected chi connectivity index (χ2v) is 17.5. The number of nitriles is 2. The first-order chi connectivity index (χ1) is 36.0. The molecule has 4 heterocycles. The van der Waals surface area contributed by atoms with Crippen LogP contribution in [0.1, 0.15) is 36.4 Å². The molecular weight excluding hydrogens is 1010 g/mol. The number of rotatable bonds is 22. The molecule has 0 aliphatic carbocycles. The van der Waals surface area contributed by atoms with Crippen molar-refractivity contribution in [2.75, 3.05) is 47.7 Å². The molecule has 0 unspecified atom stereocenters. The minimum atomic E-state index is -3.41. The second kappa shape index (κ2) is 24.7. The molecule has 2 amide bonds. The molecule has 4 N–H and O–H groups in total. The summed E-state index contributed by atoms with van der Waals surface area (Å²) in [4.78, 5) is 44.0. The van der Waals surface area contributed by atoms with Gasteiger partial charge >= 0.3 is 8.25 Å². The van der Waals surface area contributed by atoms with Crippen molar-refractivity contribution in [2.24, 2.45) is 0 Å². The third-order valence-corrected chi connectivity index (χ3v) is 11.9. The smallest absolute Gasteiger partial charge is 0.320 e. The molecule has 0 saturated carbocycles. The average molecular weight is 1050 g/mol. The molecule has 4 aromatic heterocycles. The first kappa shape index (κ1) is 51.8. The molecule has 0 saturated heterocycles. The number of nitrogens with one attached hydrogen (secondary N) is 4. The predicted molar refractivity (Wildman–Crippen MR) is 280 cm³/mol. The number of pyridine rings is 4. The van der Waals surface area contributed by atoms with Crippen molar-refractivity contribution in [1.82, 2.24) is 19.9 Å². The van der Waals surface area contributed by atoms with Gasteiger partial charge in [-0.15, -0.1) is 0 Å². The Bertz CT molecular complexity index is 3250. The van der Waals surface area contributed by atoms with E-state index in [9.17, 15) is 24.7 Å². The Balaban J connectivity index is 0.908. The fourth-order valence-corrected chi connectivity index (χ4v) is 8.29. The molecule has 0 spiro atoms. The van der Waals surface area contributed by atoms with Crippen LogP contribution in [0.15, 0.2) is 122 Å². The van der Waals surface area contributed by atoms with Crippen LogP contribution in [0.2, 0.25) is 10.0 Å². The number of carbonyl (C=O) groups excluding carboxylic acids is 2. The van der Waals surface area contributed by atoms with Gasteiger partial charge in [0.1, 0.15) is 61.6 Å². The van der Waals surface area contributed by atoms with Crippen molar-refractivity contribution >= 4 is 99.2 Å². The Morgan fingerprint density at radius 1 is 0.581 bits per heavy atom. The first-order valence-corrected chi connectivity index (χ1v) is 24.6. The summed E-state index contributed by atoms with van der Waals surface area (Å²) in [6, 6.07) is 31.8. The standard InChI is InChI=1S/C52H43Cl2N10O9P/c1-3-68-47-21-41-37(51(31(23-55)25-59-41)61-33-11-13-45(39(53)17-33)70-27-35-9-5-7-15-57-35)19-43(47)63-49(65)29-72-74(67)73-30-50(66)64-44-20-38-42(22-48(44)69-4-2)60-26-32(24-56)52(38)62-34-12-14-46(40(54)18-34)71-28-36-10-6-8-16-58-36/h5-22,25-26,74H,3-4,27-30H2,1-2H3,(H,59,61)(H,60,62)(H,63,65)(H,64,66). The van der Waals surface area contributed by atoms with Crippen LogP contribution in [0.25, 0.3) is 21.8 Å². The summed E-state index contributed by atoms with van der Waals surface area (Å²) in [6.07, 6.45) is 6.16. The number of benzene rings is 4. The highest BCUT2D eigenvalue weighted by molar-refractivity contribution is 7.33. The van der Waals surface area contributed by atoms with Crippen molar-refractivity contribution in [1.29, 1.82) is 10.5 Å². The van der Waals surface area contributed by atoms with Crippen LogP contribution < -0.4 is 40.2 Å². The van der Waals surface area contributed by atoms with Gasteiger partial charge in [-0.2, -0.15) is 10.5 Å². The molecule has 0 atom stereocenters. The second-order valence-electron chi connectivity index (χ2n) is 15.6. The number of fused-ring (bicyclic) bond motifs is 2. The highest BCUT2D eigenvalue weighted by Gasteiger charge is 2.20. The van der Waals surface area contributed by atoms with Crippen LogP contribution in [0.4, 0.5) is 34.1 Å². The van der Waals surface area contributed by atoms with Crippen LogP contribution >= 0.6 is 31.5 Å². The van der Waals surface area contributed by atoms with E-state index in [1.165, 1.54) is 12.4 Å². The van der Waals surface area contributed by atoms with E-state index in [0.717, 1.165) is 11.4 Å². The monoisotopic (exact) mass is 1050 g/mol. The number of carbonyl (C=O) groups is 2. The fraction of sp³-hybridized carbons (Fsp3) is 0.154. The summed E-state index contributed by atoms with van der Waals surface area (Å²) in [5, 5.41) is 33.6. The van der Waals surface area contributed by atoms with Gasteiger partial charge in [-0.25, -0.2) is 0 Å². The zero-order valence-electron chi connectivity index (χ0n) is 39.4. The van der Waals surface area contributed by atoms with E-state index in [2.05, 4.69) is 53.3 Å². The highest BCUT2D eigenvalue weighted by atomic mass is 35.5. The molecule has 74 heavy (non-hydrogen) atoms. The molecule has 8 rings (SSSR count). The lowest BCUT2D eigenvalue weighted by Gasteiger charge is -2.17. The van der Waals surface area contributed by atoms with Gasteiger partial charge in [-0.05, 0) is 86.6 Å². The summed E-state index contributed by atoms with van der Waals surface area (Å²) in [5.41, 5.74) is 4.93. The van der Waals surface area contributed by atoms with Gasteiger partial charge in [0.15, 0.2) is 0 Å². The Labute approximate surface area is 434 Å². The van der Waals surface area contributed by atoms with E-state index in [0.29, 0.717) is 66.1 Å². The van der Waals surface area contributed by atoms with Crippen molar-refractivity contribution < 1.29 is 42.1 Å². The Morgan fingerprint density at radius 2 is 1.03 bits per heavy atom. The summed E-state index contributed by atoms with van der Waals surface area (Å²) >= 11 is 13.2. The van der Waals surface area contributed by atoms with Crippen LogP contribution in [0.3, 0.4) is 0 Å². The quantitative estimate of drug-likeness (QED) is 0.0460. The van der Waals surface area contributed by atoms with E-state index in [1.54, 1.807) is 86.9 Å². The maximum atomic E-state index is 13.3. The number of ether oxygens (including phenoxy) is 4. The van der Waals surface area contributed by atoms with Crippen molar-refractivity contribution in [3.05, 3.63) is 154 Å². The molecule has 0 bridgehead atoms. The molecule has 22 heteroatoms. The van der Waals surface area contributed by atoms with Crippen molar-refractivity contribution in [2.45, 2.75) is 27.1 Å². The molecule has 0 aliphatic rings. The minimum Gasteiger partial charge on any atom is -0.492 e. The van der Waals surface area contributed by atoms with Crippen molar-refractivity contribution in [3.8, 4) is 35.1 Å². The van der Waals surface area contributed by atoms with Gasteiger partial charge in [0, 0.05) is 59.1 Å². The van der Waals surface area contributed by atoms with Crippen LogP contribution in [0, 0.1) is 22.7 Å². The lowest BCUT2D eigenvalue weighted by atomic mass is 10.1. The largest absolute Gasteiger partial charge is 0.492 e. The lowest BCUT2D eigenvalue weighted by molar-refractivity contribution is -0.118. The van der Waals surface area contributed by atoms with Crippen molar-refractivity contribution in [3.63, 3.8) is 0 Å². The molecule has 8 aromatic rings. The van der Waals surface area contributed by atoms with E-state index in [-0.39, 0.29) is 60.4 Å². The zero-order chi connectivity index (χ0) is 52.0. The fourth-order valence-electron chi connectivity index (χ4n) is 7.24. The maximum absolute atomic E-state index is 13.3. The Kier molecular flexibility index (Phi) is 17.3. The number of anilines is 6. The van der Waals surface area contributed by atoms with Gasteiger partial charge in [0.05, 0.1) is 79.6 Å². The molecular formula is C52H43Cl2N10O9P. The normalized spacial score (nSPS) is 10.9. The number of amides is 2. The topological polar surface area (TPSA) is 254 Å². The number of hydrogen-bond acceptors (Lipinski definition) is 17. The number of hydrogen-bond donors (Lipinski definition) is 4. The maximum Gasteiger partial charge on any atom is 0.320 e. The summed E-state index contributed by atoms with van der Waals surface area (Å²) in [6.45, 7) is 2.95. The van der Waals surface area contributed by atoms with Gasteiger partial charge < -0.3 is 49.3 Å². The van der Waals surface area contributed by atoms with E-state index in [1.807, 2.05) is 36.4 Å². The SMILES string of the molecule is CCOc1cc2ncc(C#N)c(Nc3ccc(OCc4ccccn4)c(Cl)c3)c2cc1NC(=O)CO[PH](=O)OCC(=O)Nc1cc2c(Nc3ccc(OCc4ccccn4)c(Cl)c3)c(C#N)cnc2cc1OCC. The van der Waals surface area contributed by atoms with Crippen LogP contribution in [0.5, 0.6) is 23.0 Å². The molecule has 0 fully saturated rings. The first-order valence-electron chi connectivity index (χ1n) is 22.6. The number of aromatic nitrogens is 4. The van der Waals surface area contributed by atoms with E-state index in [4.69, 9.17) is 51.2 Å². The highest BCUT2D eigenvalue weighted by Crippen LogP contribution is 2.40. The Hall–Kier alpha value is -8.55. The lowest BCUT2D eigenvalue weighted by Crippen LogP contribution is -2.19. The summed E-state index contributed by atoms with van der Waals surface area (Å²) in [5.74, 6) is -0.0838. The molecule has 19 nitrogen and oxygen atoms in total. The summed E-state index contributed by atoms with van der Waals surface area (Å²) in [7, 11) is -3.41. The zero-order valence-corrected chi connectivity index (χ0v) is 41.9. The van der Waals surface area contributed by atoms with Crippen LogP contribution in [-0.2, 0) is 36.4 Å². The van der Waals surface area contributed by atoms with Gasteiger partial charge in [-0.1, -0.05) is 35.3 Å². The average Bonchev–Trinajstić information content (AvgIpc) is 3.40. The third-order valence-electron chi connectivity index (χ3n) is 10.6. The van der Waals surface area contributed by atoms with Crippen LogP contribution in [-0.4, -0.2) is 58.2 Å².